The van der Waals surface area contributed by atoms with E-state index < -0.39 is 0 Å². The van der Waals surface area contributed by atoms with Gasteiger partial charge in [0, 0.05) is 33.3 Å². The Bertz CT molecular complexity index is 491. The maximum absolute atomic E-state index is 12.4. The van der Waals surface area contributed by atoms with Crippen LogP contribution in [0.25, 0.3) is 0 Å². The molecule has 0 aliphatic carbocycles. The summed E-state index contributed by atoms with van der Waals surface area (Å²) in [7, 11) is 3.82. The molecule has 0 bridgehead atoms. The maximum atomic E-state index is 12.4. The van der Waals surface area contributed by atoms with Crippen LogP contribution in [0.3, 0.4) is 0 Å². The van der Waals surface area contributed by atoms with Gasteiger partial charge in [-0.1, -0.05) is 13.8 Å². The molecule has 0 unspecified atom stereocenters. The number of hydrogen-bond donors (Lipinski definition) is 1. The van der Waals surface area contributed by atoms with Crippen molar-refractivity contribution in [3.05, 3.63) is 12.4 Å². The Labute approximate surface area is 126 Å². The van der Waals surface area contributed by atoms with Crippen molar-refractivity contribution in [2.24, 2.45) is 11.8 Å². The topological polar surface area (TPSA) is 61.4 Å². The standard InChI is InChI=1S/C15H25N5O/c1-11-5-6-20(9-12(2)7-11)15(21)18-13-8-14(19(3)4)17-10-16-13/h8,10-12H,5-7,9H2,1-4H3,(H,16,17,18,21)/t11-,12-/m1/s1. The second kappa shape index (κ2) is 6.74. The third kappa shape index (κ3) is 4.31. The molecule has 1 N–H and O–H groups in total. The molecule has 1 aliphatic rings. The van der Waals surface area contributed by atoms with E-state index in [4.69, 9.17) is 0 Å². The zero-order valence-electron chi connectivity index (χ0n) is 13.3. The largest absolute Gasteiger partial charge is 0.363 e. The average Bonchev–Trinajstić information content (AvgIpc) is 2.59. The van der Waals surface area contributed by atoms with Crippen molar-refractivity contribution in [2.75, 3.05) is 37.4 Å². The third-order valence-electron chi connectivity index (χ3n) is 3.86. The van der Waals surface area contributed by atoms with Gasteiger partial charge >= 0.3 is 6.03 Å². The Morgan fingerprint density at radius 2 is 2.10 bits per heavy atom. The lowest BCUT2D eigenvalue weighted by Gasteiger charge is -2.23. The van der Waals surface area contributed by atoms with E-state index in [1.54, 1.807) is 6.07 Å². The van der Waals surface area contributed by atoms with Gasteiger partial charge in [0.1, 0.15) is 18.0 Å². The normalized spacial score (nSPS) is 22.6. The molecule has 1 fully saturated rings. The first kappa shape index (κ1) is 15.5. The van der Waals surface area contributed by atoms with E-state index in [1.165, 1.54) is 12.7 Å². The molecule has 0 spiro atoms. The van der Waals surface area contributed by atoms with E-state index in [-0.39, 0.29) is 6.03 Å². The Morgan fingerprint density at radius 1 is 1.33 bits per heavy atom. The molecule has 1 aliphatic heterocycles. The van der Waals surface area contributed by atoms with Crippen molar-refractivity contribution in [1.82, 2.24) is 14.9 Å². The molecule has 6 heteroatoms. The van der Waals surface area contributed by atoms with Gasteiger partial charge in [0.15, 0.2) is 0 Å². The molecule has 1 saturated heterocycles. The zero-order chi connectivity index (χ0) is 15.4. The monoisotopic (exact) mass is 291 g/mol. The molecule has 2 rings (SSSR count). The molecule has 1 aromatic rings. The summed E-state index contributed by atoms with van der Waals surface area (Å²) in [4.78, 5) is 24.4. The van der Waals surface area contributed by atoms with Gasteiger partial charge in [-0.3, -0.25) is 5.32 Å². The van der Waals surface area contributed by atoms with Crippen LogP contribution >= 0.6 is 0 Å². The number of nitrogens with one attached hydrogen (secondary N) is 1. The molecule has 0 radical (unpaired) electrons. The van der Waals surface area contributed by atoms with Crippen LogP contribution in [-0.4, -0.2) is 48.1 Å². The summed E-state index contributed by atoms with van der Waals surface area (Å²) in [5.74, 6) is 2.54. The van der Waals surface area contributed by atoms with Crippen LogP contribution in [0.15, 0.2) is 12.4 Å². The van der Waals surface area contributed by atoms with Gasteiger partial charge in [-0.05, 0) is 24.7 Å². The van der Waals surface area contributed by atoms with E-state index in [0.717, 1.165) is 25.3 Å². The summed E-state index contributed by atoms with van der Waals surface area (Å²) in [6.07, 6.45) is 3.71. The van der Waals surface area contributed by atoms with E-state index in [9.17, 15) is 4.79 Å². The number of hydrogen-bond acceptors (Lipinski definition) is 4. The van der Waals surface area contributed by atoms with Crippen LogP contribution in [0.4, 0.5) is 16.4 Å². The third-order valence-corrected chi connectivity index (χ3v) is 3.86. The second-order valence-electron chi connectivity index (χ2n) is 6.27. The molecule has 21 heavy (non-hydrogen) atoms. The number of carbonyl (C=O) groups excluding carboxylic acids is 1. The number of likely N-dealkylation sites (tertiary alicyclic amines) is 1. The lowest BCUT2D eigenvalue weighted by molar-refractivity contribution is 0.207. The van der Waals surface area contributed by atoms with Crippen LogP contribution in [0.5, 0.6) is 0 Å². The second-order valence-corrected chi connectivity index (χ2v) is 6.27. The van der Waals surface area contributed by atoms with Gasteiger partial charge in [-0.15, -0.1) is 0 Å². The van der Waals surface area contributed by atoms with Gasteiger partial charge in [-0.25, -0.2) is 14.8 Å². The minimum atomic E-state index is -0.0700. The fourth-order valence-electron chi connectivity index (χ4n) is 2.76. The molecule has 0 saturated carbocycles. The van der Waals surface area contributed by atoms with E-state index >= 15 is 0 Å². The summed E-state index contributed by atoms with van der Waals surface area (Å²) < 4.78 is 0. The molecule has 116 valence electrons. The molecule has 2 amide bonds. The lowest BCUT2D eigenvalue weighted by Crippen LogP contribution is -2.37. The number of carbonyl (C=O) groups is 1. The van der Waals surface area contributed by atoms with Crippen LogP contribution in [0, 0.1) is 11.8 Å². The first-order chi connectivity index (χ1) is 9.95. The number of urea groups is 1. The number of nitrogens with zero attached hydrogens (tertiary/aromatic N) is 4. The smallest absolute Gasteiger partial charge is 0.323 e. The van der Waals surface area contributed by atoms with Crippen molar-refractivity contribution in [3.8, 4) is 0 Å². The van der Waals surface area contributed by atoms with Crippen molar-refractivity contribution < 1.29 is 4.79 Å². The van der Waals surface area contributed by atoms with Crippen LogP contribution in [-0.2, 0) is 0 Å². The average molecular weight is 291 g/mol. The SMILES string of the molecule is C[C@@H]1CCN(C(=O)Nc2cc(N(C)C)ncn2)C[C@H](C)C1. The van der Waals surface area contributed by atoms with Crippen LogP contribution in [0.2, 0.25) is 0 Å². The molecular formula is C15H25N5O. The summed E-state index contributed by atoms with van der Waals surface area (Å²) in [6, 6.07) is 1.71. The highest BCUT2D eigenvalue weighted by Gasteiger charge is 2.23. The minimum absolute atomic E-state index is 0.0700. The molecule has 6 nitrogen and oxygen atoms in total. The highest BCUT2D eigenvalue weighted by atomic mass is 16.2. The molecule has 2 atom stereocenters. The van der Waals surface area contributed by atoms with E-state index in [0.29, 0.717) is 17.7 Å². The predicted molar refractivity (Wildman–Crippen MR) is 84.5 cm³/mol. The quantitative estimate of drug-likeness (QED) is 0.909. The Morgan fingerprint density at radius 3 is 2.81 bits per heavy atom. The first-order valence-corrected chi connectivity index (χ1v) is 7.51. The van der Waals surface area contributed by atoms with Gasteiger partial charge in [-0.2, -0.15) is 0 Å². The Hall–Kier alpha value is -1.85. The molecule has 2 heterocycles. The minimum Gasteiger partial charge on any atom is -0.363 e. The van der Waals surface area contributed by atoms with Gasteiger partial charge in [0.05, 0.1) is 0 Å². The van der Waals surface area contributed by atoms with Crippen LogP contribution < -0.4 is 10.2 Å². The lowest BCUT2D eigenvalue weighted by atomic mass is 9.97. The predicted octanol–water partition coefficient (Wildman–Crippen LogP) is 2.44. The summed E-state index contributed by atoms with van der Waals surface area (Å²) in [6.45, 7) is 6.08. The first-order valence-electron chi connectivity index (χ1n) is 7.51. The highest BCUT2D eigenvalue weighted by molar-refractivity contribution is 5.88. The molecule has 0 aromatic carbocycles. The Balaban J connectivity index is 2.02. The van der Waals surface area contributed by atoms with Gasteiger partial charge in [0.2, 0.25) is 0 Å². The zero-order valence-corrected chi connectivity index (χ0v) is 13.3. The number of rotatable bonds is 2. The number of amides is 2. The van der Waals surface area contributed by atoms with E-state index in [2.05, 4.69) is 29.1 Å². The number of anilines is 2. The molecule has 1 aromatic heterocycles. The van der Waals surface area contributed by atoms with Gasteiger partial charge in [0.25, 0.3) is 0 Å². The van der Waals surface area contributed by atoms with Crippen molar-refractivity contribution in [3.63, 3.8) is 0 Å². The number of aromatic nitrogens is 2. The summed E-state index contributed by atoms with van der Waals surface area (Å²) in [5.41, 5.74) is 0. The van der Waals surface area contributed by atoms with E-state index in [1.807, 2.05) is 23.9 Å². The fourth-order valence-corrected chi connectivity index (χ4v) is 2.76. The van der Waals surface area contributed by atoms with Crippen LogP contribution in [0.1, 0.15) is 26.7 Å². The highest BCUT2D eigenvalue weighted by Crippen LogP contribution is 2.22. The fraction of sp³-hybridized carbons (Fsp3) is 0.667. The molecular weight excluding hydrogens is 266 g/mol. The Kier molecular flexibility index (Phi) is 4.98. The van der Waals surface area contributed by atoms with Crippen molar-refractivity contribution in [1.29, 1.82) is 0 Å². The van der Waals surface area contributed by atoms with Crippen molar-refractivity contribution >= 4 is 17.7 Å². The maximum Gasteiger partial charge on any atom is 0.323 e. The summed E-state index contributed by atoms with van der Waals surface area (Å²) in [5, 5.41) is 2.88. The van der Waals surface area contributed by atoms with Gasteiger partial charge < -0.3 is 9.80 Å². The summed E-state index contributed by atoms with van der Waals surface area (Å²) >= 11 is 0. The van der Waals surface area contributed by atoms with Crippen molar-refractivity contribution in [2.45, 2.75) is 26.7 Å².